The summed E-state index contributed by atoms with van der Waals surface area (Å²) < 4.78 is 42.7. The second-order valence-corrected chi connectivity index (χ2v) is 16.5. The summed E-state index contributed by atoms with van der Waals surface area (Å²) in [5, 5.41) is 142. The minimum Gasteiger partial charge on any atom is -0.429 e. The summed E-state index contributed by atoms with van der Waals surface area (Å²) in [5.41, 5.74) is 1.68. The van der Waals surface area contributed by atoms with Crippen molar-refractivity contribution in [1.29, 1.82) is 0 Å². The van der Waals surface area contributed by atoms with Crippen LogP contribution in [-0.2, 0) is 47.5 Å². The van der Waals surface area contributed by atoms with Gasteiger partial charge in [-0.25, -0.2) is 9.59 Å². The van der Waals surface area contributed by atoms with E-state index in [-0.39, 0.29) is 11.1 Å². The Balaban J connectivity index is 1.23. The van der Waals surface area contributed by atoms with Crippen molar-refractivity contribution in [3.8, 4) is 0 Å². The normalized spacial score (nSPS) is 40.3. The molecule has 24 nitrogen and oxygen atoms in total. The van der Waals surface area contributed by atoms with E-state index in [0.29, 0.717) is 0 Å². The highest BCUT2D eigenvalue weighted by atomic mass is 16.8. The SMILES string of the molecule is CC(/C=C/C=C(\C)C(=O)O[C@@H]1O[C@H](CO[C@@H]2O[C@H](CO)[C@@H](O)[C@H](O)[C@H]2O)[C@@H](O)[C@H](O)[C@H]1O)=C\C=C\C=C(C)\C=C\C=C(/C)C(=O)O[C@H]1O[C@H](CO[C@@H]2O[C@H](CO)[C@@H](O)[C@H](O)[C@H]2O)[C@@H](O)[C@H](O)[C@H]1O. The first kappa shape index (κ1) is 56.9. The lowest BCUT2D eigenvalue weighted by Gasteiger charge is -2.42. The van der Waals surface area contributed by atoms with Gasteiger partial charge < -0.3 is 109 Å². The van der Waals surface area contributed by atoms with Crippen LogP contribution in [0.25, 0.3) is 0 Å². The van der Waals surface area contributed by atoms with Gasteiger partial charge in [0.15, 0.2) is 12.6 Å². The number of hydrogen-bond acceptors (Lipinski definition) is 24. The Morgan fingerprint density at radius 1 is 0.397 bits per heavy atom. The van der Waals surface area contributed by atoms with E-state index in [1.54, 1.807) is 62.5 Å². The molecule has 0 aliphatic carbocycles. The highest BCUT2D eigenvalue weighted by molar-refractivity contribution is 5.88. The Hall–Kier alpha value is -3.68. The highest BCUT2D eigenvalue weighted by Gasteiger charge is 2.50. The van der Waals surface area contributed by atoms with Crippen LogP contribution in [-0.4, -0.2) is 233 Å². The number of esters is 2. The van der Waals surface area contributed by atoms with Crippen molar-refractivity contribution < 1.29 is 119 Å². The standard InChI is InChI=1S/C44H64O24/c1-19(11-7-13-21(3)39(59)67-43-37(57)33(53)29(49)25(65-43)17-61-41-35(55)31(51)27(47)23(15-45)63-41)9-5-6-10-20(2)12-8-14-22(4)40(60)68-44-38(58)34(54)30(50)26(66-44)18-62-42-36(56)32(52)28(48)24(16-46)64-42/h5-14,23-38,41-58H,15-18H2,1-4H3/b6-5+,11-7+,12-8+,19-9+,20-10+,21-13+,22-14+/t23-,24-,25-,26-,27-,28-,29-,30-,31+,32+,33+,34+,35-,36-,37-,38-,41-,42-,43-,44+/m1/s1. The summed E-state index contributed by atoms with van der Waals surface area (Å²) in [6.07, 6.45) is -16.8. The minimum atomic E-state index is -1.86. The second kappa shape index (κ2) is 26.5. The molecular formula is C44H64O24. The van der Waals surface area contributed by atoms with Gasteiger partial charge in [-0.05, 0) is 27.7 Å². The number of aliphatic hydroxyl groups is 14. The molecule has 4 aliphatic rings. The molecule has 0 aromatic carbocycles. The summed E-state index contributed by atoms with van der Waals surface area (Å²) in [6.45, 7) is 3.80. The van der Waals surface area contributed by atoms with Crippen molar-refractivity contribution in [3.05, 3.63) is 83.1 Å². The Kier molecular flexibility index (Phi) is 22.2. The largest absolute Gasteiger partial charge is 0.429 e. The molecule has 0 radical (unpaired) electrons. The quantitative estimate of drug-likeness (QED) is 0.0347. The number of aliphatic hydroxyl groups excluding tert-OH is 14. The van der Waals surface area contributed by atoms with Crippen LogP contribution in [0.2, 0.25) is 0 Å². The fraction of sp³-hybridized carbons (Fsp3) is 0.636. The monoisotopic (exact) mass is 976 g/mol. The van der Waals surface area contributed by atoms with Gasteiger partial charge >= 0.3 is 11.9 Å². The average molecular weight is 977 g/mol. The molecule has 4 rings (SSSR count). The zero-order valence-corrected chi connectivity index (χ0v) is 37.5. The van der Waals surface area contributed by atoms with E-state index in [1.807, 2.05) is 0 Å². The van der Waals surface area contributed by atoms with E-state index in [2.05, 4.69) is 0 Å². The van der Waals surface area contributed by atoms with Crippen LogP contribution in [0.3, 0.4) is 0 Å². The summed E-state index contributed by atoms with van der Waals surface area (Å²) >= 11 is 0. The molecule has 14 N–H and O–H groups in total. The molecule has 0 aromatic rings. The first-order valence-corrected chi connectivity index (χ1v) is 21.5. The smallest absolute Gasteiger partial charge is 0.336 e. The van der Waals surface area contributed by atoms with Gasteiger partial charge in [0.1, 0.15) is 97.7 Å². The van der Waals surface area contributed by atoms with Gasteiger partial charge in [0.2, 0.25) is 12.6 Å². The van der Waals surface area contributed by atoms with Crippen molar-refractivity contribution in [2.45, 2.75) is 151 Å². The van der Waals surface area contributed by atoms with E-state index >= 15 is 0 Å². The van der Waals surface area contributed by atoms with Crippen molar-refractivity contribution in [3.63, 3.8) is 0 Å². The second-order valence-electron chi connectivity index (χ2n) is 16.5. The maximum absolute atomic E-state index is 12.8. The summed E-state index contributed by atoms with van der Waals surface area (Å²) in [7, 11) is 0. The molecule has 20 atom stereocenters. The lowest BCUT2D eigenvalue weighted by molar-refractivity contribution is -0.326. The molecule has 0 bridgehead atoms. The maximum Gasteiger partial charge on any atom is 0.336 e. The van der Waals surface area contributed by atoms with E-state index < -0.39 is 161 Å². The van der Waals surface area contributed by atoms with E-state index in [0.717, 1.165) is 11.1 Å². The molecule has 0 amide bonds. The van der Waals surface area contributed by atoms with E-state index in [9.17, 15) is 81.1 Å². The Labute approximate surface area is 390 Å². The van der Waals surface area contributed by atoms with E-state index in [1.165, 1.54) is 26.0 Å². The zero-order chi connectivity index (χ0) is 50.6. The third-order valence-electron chi connectivity index (χ3n) is 11.2. The average Bonchev–Trinajstić information content (AvgIpc) is 3.31. The van der Waals surface area contributed by atoms with Crippen LogP contribution < -0.4 is 0 Å². The van der Waals surface area contributed by atoms with Crippen LogP contribution in [0.5, 0.6) is 0 Å². The molecule has 0 spiro atoms. The molecule has 0 saturated carbocycles. The number of hydrogen-bond donors (Lipinski definition) is 14. The van der Waals surface area contributed by atoms with Gasteiger partial charge in [-0.15, -0.1) is 0 Å². The zero-order valence-electron chi connectivity index (χ0n) is 37.5. The molecule has 4 aliphatic heterocycles. The molecule has 4 heterocycles. The Morgan fingerprint density at radius 2 is 0.691 bits per heavy atom. The van der Waals surface area contributed by atoms with Gasteiger partial charge in [0.25, 0.3) is 0 Å². The fourth-order valence-electron chi connectivity index (χ4n) is 6.84. The number of rotatable bonds is 18. The third kappa shape index (κ3) is 14.9. The van der Waals surface area contributed by atoms with Crippen LogP contribution in [0.1, 0.15) is 27.7 Å². The predicted octanol–water partition coefficient (Wildman–Crippen LogP) is -5.23. The molecule has 4 fully saturated rings. The highest BCUT2D eigenvalue weighted by Crippen LogP contribution is 2.28. The van der Waals surface area contributed by atoms with Gasteiger partial charge in [-0.3, -0.25) is 0 Å². The molecule has 0 unspecified atom stereocenters. The van der Waals surface area contributed by atoms with Gasteiger partial charge in [0, 0.05) is 11.1 Å². The van der Waals surface area contributed by atoms with Gasteiger partial charge in [0.05, 0.1) is 26.4 Å². The lowest BCUT2D eigenvalue weighted by Crippen LogP contribution is -2.61. The predicted molar refractivity (Wildman–Crippen MR) is 227 cm³/mol. The number of ether oxygens (including phenoxy) is 8. The molecular weight excluding hydrogens is 912 g/mol. The fourth-order valence-corrected chi connectivity index (χ4v) is 6.84. The molecule has 384 valence electrons. The van der Waals surface area contributed by atoms with Crippen molar-refractivity contribution in [2.75, 3.05) is 26.4 Å². The lowest BCUT2D eigenvalue weighted by atomic mass is 9.98. The third-order valence-corrected chi connectivity index (χ3v) is 11.2. The number of carbonyl (C=O) groups is 2. The molecule has 0 aromatic heterocycles. The molecule has 68 heavy (non-hydrogen) atoms. The summed E-state index contributed by atoms with van der Waals surface area (Å²) in [5.74, 6) is -1.86. The van der Waals surface area contributed by atoms with Crippen molar-refractivity contribution >= 4 is 11.9 Å². The summed E-state index contributed by atoms with van der Waals surface area (Å²) in [4.78, 5) is 25.6. The molecule has 4 saturated heterocycles. The number of carbonyl (C=O) groups excluding carboxylic acids is 2. The van der Waals surface area contributed by atoms with Crippen molar-refractivity contribution in [1.82, 2.24) is 0 Å². The minimum absolute atomic E-state index is 0.0726. The van der Waals surface area contributed by atoms with Gasteiger partial charge in [-0.1, -0.05) is 71.9 Å². The van der Waals surface area contributed by atoms with Crippen LogP contribution >= 0.6 is 0 Å². The van der Waals surface area contributed by atoms with Crippen LogP contribution in [0, 0.1) is 0 Å². The first-order valence-electron chi connectivity index (χ1n) is 21.5. The van der Waals surface area contributed by atoms with Crippen molar-refractivity contribution in [2.24, 2.45) is 0 Å². The first-order chi connectivity index (χ1) is 32.1. The topological polar surface area (TPSA) is 391 Å². The maximum atomic E-state index is 12.8. The Bertz CT molecular complexity index is 1730. The van der Waals surface area contributed by atoms with Gasteiger partial charge in [-0.2, -0.15) is 0 Å². The van der Waals surface area contributed by atoms with E-state index in [4.69, 9.17) is 37.9 Å². The number of allylic oxidation sites excluding steroid dienone is 12. The van der Waals surface area contributed by atoms with Crippen LogP contribution in [0.15, 0.2) is 83.1 Å². The van der Waals surface area contributed by atoms with Crippen LogP contribution in [0.4, 0.5) is 0 Å². The Morgan fingerprint density at radius 3 is 1.01 bits per heavy atom. The molecule has 24 heteroatoms. The summed E-state index contributed by atoms with van der Waals surface area (Å²) in [6, 6.07) is 0.